The van der Waals surface area contributed by atoms with Crippen molar-refractivity contribution in [2.45, 2.75) is 25.3 Å². The van der Waals surface area contributed by atoms with Crippen molar-refractivity contribution >= 4 is 17.8 Å². The van der Waals surface area contributed by atoms with Crippen molar-refractivity contribution in [3.05, 3.63) is 65.7 Å². The summed E-state index contributed by atoms with van der Waals surface area (Å²) in [5.74, 6) is -1.36. The minimum absolute atomic E-state index is 0.0301. The second-order valence-corrected chi connectivity index (χ2v) is 6.07. The molecule has 27 heavy (non-hydrogen) atoms. The van der Waals surface area contributed by atoms with Crippen LogP contribution in [-0.2, 0) is 16.0 Å². The largest absolute Gasteiger partial charge is 0.484 e. The zero-order valence-electron chi connectivity index (χ0n) is 14.8. The summed E-state index contributed by atoms with van der Waals surface area (Å²) in [4.78, 5) is 34.1. The zero-order valence-corrected chi connectivity index (χ0v) is 14.8. The molecule has 2 rings (SSSR count). The molecule has 0 aliphatic carbocycles. The molecule has 0 fully saturated rings. The molecule has 2 aromatic carbocycles. The van der Waals surface area contributed by atoms with Crippen LogP contribution in [0.4, 0.5) is 0 Å². The number of carbonyl (C=O) groups is 3. The predicted molar refractivity (Wildman–Crippen MR) is 99.4 cm³/mol. The number of benzene rings is 2. The van der Waals surface area contributed by atoms with Gasteiger partial charge in [-0.2, -0.15) is 0 Å². The summed E-state index contributed by atoms with van der Waals surface area (Å²) >= 11 is 0. The molecule has 0 spiro atoms. The number of hydrogen-bond donors (Lipinski definition) is 3. The van der Waals surface area contributed by atoms with Crippen LogP contribution in [0.5, 0.6) is 5.75 Å². The summed E-state index contributed by atoms with van der Waals surface area (Å²) in [5.41, 5.74) is 6.45. The van der Waals surface area contributed by atoms with E-state index in [1.54, 1.807) is 24.3 Å². The topological polar surface area (TPSA) is 119 Å². The number of amides is 2. The molecule has 142 valence electrons. The fourth-order valence-electron chi connectivity index (χ4n) is 2.55. The van der Waals surface area contributed by atoms with Gasteiger partial charge in [-0.25, -0.2) is 0 Å². The van der Waals surface area contributed by atoms with Gasteiger partial charge in [0.15, 0.2) is 6.61 Å². The Morgan fingerprint density at radius 1 is 1.04 bits per heavy atom. The number of hydrogen-bond acceptors (Lipinski definition) is 4. The van der Waals surface area contributed by atoms with Crippen LogP contribution in [-0.4, -0.2) is 35.5 Å². The standard InChI is InChI=1S/C20H22N2O5/c21-18(23)13-27-17-9-6-15(7-10-17)20(26)22-16(8-11-19(24)25)12-14-4-2-1-3-5-14/h1-7,9-10,16H,8,11-13H2,(H2,21,23)(H,22,26)(H,24,25). The van der Waals surface area contributed by atoms with Gasteiger partial charge in [0.2, 0.25) is 0 Å². The predicted octanol–water partition coefficient (Wildman–Crippen LogP) is 1.76. The highest BCUT2D eigenvalue weighted by Gasteiger charge is 2.16. The van der Waals surface area contributed by atoms with Crippen molar-refractivity contribution in [1.82, 2.24) is 5.32 Å². The number of nitrogens with one attached hydrogen (secondary N) is 1. The molecule has 4 N–H and O–H groups in total. The van der Waals surface area contributed by atoms with E-state index in [0.717, 1.165) is 5.56 Å². The molecule has 7 heteroatoms. The summed E-state index contributed by atoms with van der Waals surface area (Å²) in [6.07, 6.45) is 0.840. The van der Waals surface area contributed by atoms with Gasteiger partial charge in [0.05, 0.1) is 0 Å². The molecule has 0 aliphatic heterocycles. The monoisotopic (exact) mass is 370 g/mol. The van der Waals surface area contributed by atoms with Crippen molar-refractivity contribution in [3.8, 4) is 5.75 Å². The average molecular weight is 370 g/mol. The quantitative estimate of drug-likeness (QED) is 0.589. The summed E-state index contributed by atoms with van der Waals surface area (Å²) < 4.78 is 5.16. The summed E-state index contributed by atoms with van der Waals surface area (Å²) in [7, 11) is 0. The van der Waals surface area contributed by atoms with E-state index in [9.17, 15) is 14.4 Å². The zero-order chi connectivity index (χ0) is 19.6. The molecule has 1 atom stereocenters. The Morgan fingerprint density at radius 3 is 2.30 bits per heavy atom. The van der Waals surface area contributed by atoms with Gasteiger partial charge >= 0.3 is 5.97 Å². The van der Waals surface area contributed by atoms with E-state index in [4.69, 9.17) is 15.6 Å². The Hall–Kier alpha value is -3.35. The van der Waals surface area contributed by atoms with E-state index in [2.05, 4.69) is 5.32 Å². The van der Waals surface area contributed by atoms with E-state index in [0.29, 0.717) is 24.2 Å². The van der Waals surface area contributed by atoms with Gasteiger partial charge < -0.3 is 20.9 Å². The third kappa shape index (κ3) is 7.19. The average Bonchev–Trinajstić information content (AvgIpc) is 2.65. The van der Waals surface area contributed by atoms with Crippen LogP contribution in [0.15, 0.2) is 54.6 Å². The van der Waals surface area contributed by atoms with Crippen LogP contribution in [0.3, 0.4) is 0 Å². The van der Waals surface area contributed by atoms with Crippen LogP contribution < -0.4 is 15.8 Å². The molecule has 0 radical (unpaired) electrons. The maximum atomic E-state index is 12.5. The number of carboxylic acid groups (broad SMARTS) is 1. The minimum atomic E-state index is -0.904. The molecular weight excluding hydrogens is 348 g/mol. The van der Waals surface area contributed by atoms with E-state index in [-0.39, 0.29) is 25.0 Å². The van der Waals surface area contributed by atoms with Crippen molar-refractivity contribution in [3.63, 3.8) is 0 Å². The molecule has 0 saturated heterocycles. The van der Waals surface area contributed by atoms with Gasteiger partial charge in [0.25, 0.3) is 11.8 Å². The number of primary amides is 1. The van der Waals surface area contributed by atoms with Crippen LogP contribution in [0.25, 0.3) is 0 Å². The molecule has 0 bridgehead atoms. The number of aliphatic carboxylic acids is 1. The number of carboxylic acids is 1. The first-order chi connectivity index (χ1) is 12.9. The SMILES string of the molecule is NC(=O)COc1ccc(C(=O)NC(CCC(=O)O)Cc2ccccc2)cc1. The van der Waals surface area contributed by atoms with E-state index >= 15 is 0 Å². The third-order valence-electron chi connectivity index (χ3n) is 3.86. The lowest BCUT2D eigenvalue weighted by Crippen LogP contribution is -2.36. The van der Waals surface area contributed by atoms with Crippen molar-refractivity contribution in [2.24, 2.45) is 5.73 Å². The lowest BCUT2D eigenvalue weighted by Gasteiger charge is -2.18. The molecule has 0 aliphatic rings. The molecule has 2 aromatic rings. The van der Waals surface area contributed by atoms with Crippen LogP contribution in [0.1, 0.15) is 28.8 Å². The first kappa shape index (κ1) is 20.0. The molecule has 7 nitrogen and oxygen atoms in total. The highest BCUT2D eigenvalue weighted by Crippen LogP contribution is 2.13. The minimum Gasteiger partial charge on any atom is -0.484 e. The molecule has 0 saturated carbocycles. The number of ether oxygens (including phenoxy) is 1. The first-order valence-corrected chi connectivity index (χ1v) is 8.52. The summed E-state index contributed by atoms with van der Waals surface area (Å²) in [5, 5.41) is 11.8. The highest BCUT2D eigenvalue weighted by atomic mass is 16.5. The Kier molecular flexibility index (Phi) is 7.37. The van der Waals surface area contributed by atoms with Gasteiger partial charge in [0.1, 0.15) is 5.75 Å². The van der Waals surface area contributed by atoms with Crippen LogP contribution in [0, 0.1) is 0 Å². The fourth-order valence-corrected chi connectivity index (χ4v) is 2.55. The molecule has 0 heterocycles. The normalized spacial score (nSPS) is 11.4. The number of rotatable bonds is 10. The molecular formula is C20H22N2O5. The second-order valence-electron chi connectivity index (χ2n) is 6.07. The van der Waals surface area contributed by atoms with Crippen molar-refractivity contribution in [1.29, 1.82) is 0 Å². The van der Waals surface area contributed by atoms with Gasteiger partial charge in [-0.05, 0) is 42.7 Å². The van der Waals surface area contributed by atoms with E-state index in [1.807, 2.05) is 30.3 Å². The van der Waals surface area contributed by atoms with E-state index < -0.39 is 11.9 Å². The summed E-state index contributed by atoms with van der Waals surface area (Å²) in [6.45, 7) is -0.236. The summed E-state index contributed by atoms with van der Waals surface area (Å²) in [6, 6.07) is 15.5. The van der Waals surface area contributed by atoms with Gasteiger partial charge in [-0.3, -0.25) is 14.4 Å². The molecule has 1 unspecified atom stereocenters. The molecule has 2 amide bonds. The smallest absolute Gasteiger partial charge is 0.303 e. The van der Waals surface area contributed by atoms with Crippen LogP contribution in [0.2, 0.25) is 0 Å². The van der Waals surface area contributed by atoms with Crippen molar-refractivity contribution < 1.29 is 24.2 Å². The lowest BCUT2D eigenvalue weighted by molar-refractivity contribution is -0.137. The van der Waals surface area contributed by atoms with Crippen LogP contribution >= 0.6 is 0 Å². The van der Waals surface area contributed by atoms with Gasteiger partial charge in [-0.15, -0.1) is 0 Å². The van der Waals surface area contributed by atoms with E-state index in [1.165, 1.54) is 0 Å². The fraction of sp³-hybridized carbons (Fsp3) is 0.250. The maximum Gasteiger partial charge on any atom is 0.303 e. The maximum absolute atomic E-state index is 12.5. The Labute approximate surface area is 157 Å². The Bertz CT molecular complexity index is 775. The first-order valence-electron chi connectivity index (χ1n) is 8.52. The number of carbonyl (C=O) groups excluding carboxylic acids is 2. The van der Waals surface area contributed by atoms with Crippen molar-refractivity contribution in [2.75, 3.05) is 6.61 Å². The number of nitrogens with two attached hydrogens (primary N) is 1. The highest BCUT2D eigenvalue weighted by molar-refractivity contribution is 5.94. The molecule has 0 aromatic heterocycles. The third-order valence-corrected chi connectivity index (χ3v) is 3.86. The Morgan fingerprint density at radius 2 is 1.70 bits per heavy atom. The van der Waals surface area contributed by atoms with Gasteiger partial charge in [-0.1, -0.05) is 30.3 Å². The lowest BCUT2D eigenvalue weighted by atomic mass is 10.0. The Balaban J connectivity index is 2.00. The van der Waals surface area contributed by atoms with Gasteiger partial charge in [0, 0.05) is 18.0 Å². The second kappa shape index (κ2) is 9.96.